The van der Waals surface area contributed by atoms with E-state index < -0.39 is 17.3 Å². The summed E-state index contributed by atoms with van der Waals surface area (Å²) in [5, 5.41) is 15.8. The van der Waals surface area contributed by atoms with Crippen molar-refractivity contribution >= 4 is 16.7 Å². The third-order valence-corrected chi connectivity index (χ3v) is 3.04. The summed E-state index contributed by atoms with van der Waals surface area (Å²) in [6.45, 7) is 0. The van der Waals surface area contributed by atoms with E-state index in [0.717, 1.165) is 12.1 Å². The second-order valence-corrected chi connectivity index (χ2v) is 4.45. The number of hydrogen-bond donors (Lipinski definition) is 2. The number of halogens is 1. The SMILES string of the molecule is O=C(O)c1cc(Oc2n[nH]c(=O)c3ccccc23)ccc1F. The molecule has 0 amide bonds. The highest BCUT2D eigenvalue weighted by molar-refractivity contribution is 5.89. The summed E-state index contributed by atoms with van der Waals surface area (Å²) >= 11 is 0. The van der Waals surface area contributed by atoms with Crippen LogP contribution in [0.25, 0.3) is 10.8 Å². The smallest absolute Gasteiger partial charge is 0.338 e. The van der Waals surface area contributed by atoms with Crippen LogP contribution in [0.2, 0.25) is 0 Å². The van der Waals surface area contributed by atoms with Crippen molar-refractivity contribution in [2.24, 2.45) is 0 Å². The van der Waals surface area contributed by atoms with E-state index in [4.69, 9.17) is 9.84 Å². The fourth-order valence-corrected chi connectivity index (χ4v) is 2.01. The van der Waals surface area contributed by atoms with E-state index in [9.17, 15) is 14.0 Å². The van der Waals surface area contributed by atoms with Gasteiger partial charge in [-0.15, -0.1) is 5.10 Å². The summed E-state index contributed by atoms with van der Waals surface area (Å²) in [6, 6.07) is 9.99. The summed E-state index contributed by atoms with van der Waals surface area (Å²) in [5.41, 5.74) is -0.875. The van der Waals surface area contributed by atoms with Crippen LogP contribution >= 0.6 is 0 Å². The Balaban J connectivity index is 2.08. The van der Waals surface area contributed by atoms with Crippen LogP contribution in [-0.4, -0.2) is 21.3 Å². The predicted octanol–water partition coefficient (Wildman–Crippen LogP) is 2.55. The van der Waals surface area contributed by atoms with Crippen molar-refractivity contribution in [2.75, 3.05) is 0 Å². The van der Waals surface area contributed by atoms with Gasteiger partial charge in [-0.1, -0.05) is 12.1 Å². The van der Waals surface area contributed by atoms with Crippen molar-refractivity contribution in [2.45, 2.75) is 0 Å². The summed E-state index contributed by atoms with van der Waals surface area (Å²) < 4.78 is 18.8. The highest BCUT2D eigenvalue weighted by Crippen LogP contribution is 2.26. The van der Waals surface area contributed by atoms with Gasteiger partial charge in [-0.25, -0.2) is 14.3 Å². The number of carboxylic acids is 1. The molecule has 2 aromatic carbocycles. The molecule has 0 radical (unpaired) electrons. The van der Waals surface area contributed by atoms with Crippen LogP contribution in [-0.2, 0) is 0 Å². The first-order valence-corrected chi connectivity index (χ1v) is 6.24. The summed E-state index contributed by atoms with van der Waals surface area (Å²) in [5.74, 6) is -2.07. The molecule has 0 spiro atoms. The Hall–Kier alpha value is -3.22. The normalized spacial score (nSPS) is 10.6. The number of hydrogen-bond acceptors (Lipinski definition) is 4. The zero-order valence-electron chi connectivity index (χ0n) is 11.0. The number of nitrogens with zero attached hydrogens (tertiary/aromatic N) is 1. The monoisotopic (exact) mass is 300 g/mol. The van der Waals surface area contributed by atoms with Gasteiger partial charge in [0.1, 0.15) is 11.6 Å². The molecule has 0 fully saturated rings. The van der Waals surface area contributed by atoms with Gasteiger partial charge in [-0.2, -0.15) is 0 Å². The van der Waals surface area contributed by atoms with E-state index in [2.05, 4.69) is 10.2 Å². The molecule has 0 unspecified atom stereocenters. The van der Waals surface area contributed by atoms with E-state index in [0.29, 0.717) is 10.8 Å². The number of carbonyl (C=O) groups is 1. The molecule has 0 aliphatic carbocycles. The summed E-state index contributed by atoms with van der Waals surface area (Å²) in [6.07, 6.45) is 0. The van der Waals surface area contributed by atoms with Crippen LogP contribution in [0.15, 0.2) is 47.3 Å². The van der Waals surface area contributed by atoms with E-state index in [1.807, 2.05) is 0 Å². The molecule has 0 saturated heterocycles. The minimum absolute atomic E-state index is 0.0955. The third kappa shape index (κ3) is 2.39. The van der Waals surface area contributed by atoms with Crippen molar-refractivity contribution in [1.82, 2.24) is 10.2 Å². The molecule has 0 bridgehead atoms. The number of aromatic nitrogens is 2. The van der Waals surface area contributed by atoms with Gasteiger partial charge in [0.25, 0.3) is 5.56 Å². The second kappa shape index (κ2) is 5.28. The molecular weight excluding hydrogens is 291 g/mol. The predicted molar refractivity (Wildman–Crippen MR) is 75.8 cm³/mol. The fourth-order valence-electron chi connectivity index (χ4n) is 2.01. The molecule has 3 aromatic rings. The molecule has 2 N–H and O–H groups in total. The van der Waals surface area contributed by atoms with Gasteiger partial charge in [0.2, 0.25) is 5.88 Å². The average Bonchev–Trinajstić information content (AvgIpc) is 2.52. The lowest BCUT2D eigenvalue weighted by atomic mass is 10.2. The molecule has 0 aliphatic heterocycles. The van der Waals surface area contributed by atoms with Gasteiger partial charge in [0, 0.05) is 0 Å². The minimum Gasteiger partial charge on any atom is -0.478 e. The Morgan fingerprint density at radius 1 is 1.18 bits per heavy atom. The maximum atomic E-state index is 13.4. The zero-order valence-corrected chi connectivity index (χ0v) is 11.0. The maximum Gasteiger partial charge on any atom is 0.338 e. The molecule has 0 aliphatic rings. The molecular formula is C15H9FN2O4. The number of carboxylic acid groups (broad SMARTS) is 1. The number of aromatic carboxylic acids is 1. The van der Waals surface area contributed by atoms with Crippen LogP contribution in [0.5, 0.6) is 11.6 Å². The lowest BCUT2D eigenvalue weighted by Gasteiger charge is -2.08. The standard InChI is InChI=1S/C15H9FN2O4/c16-12-6-5-8(7-11(12)15(20)21)22-14-10-4-2-1-3-9(10)13(19)17-18-14/h1-7H,(H,17,19)(H,20,21). The second-order valence-electron chi connectivity index (χ2n) is 4.45. The minimum atomic E-state index is -1.40. The van der Waals surface area contributed by atoms with E-state index in [-0.39, 0.29) is 17.2 Å². The molecule has 3 rings (SSSR count). The third-order valence-electron chi connectivity index (χ3n) is 3.04. The van der Waals surface area contributed by atoms with Crippen molar-refractivity contribution in [3.63, 3.8) is 0 Å². The molecule has 1 heterocycles. The molecule has 0 atom stereocenters. The Labute approximate surface area is 122 Å². The number of ether oxygens (including phenoxy) is 1. The van der Waals surface area contributed by atoms with E-state index in [1.165, 1.54) is 6.07 Å². The van der Waals surface area contributed by atoms with Crippen LogP contribution < -0.4 is 10.3 Å². The lowest BCUT2D eigenvalue weighted by Crippen LogP contribution is -2.09. The highest BCUT2D eigenvalue weighted by atomic mass is 19.1. The van der Waals surface area contributed by atoms with Crippen molar-refractivity contribution < 1.29 is 19.0 Å². The van der Waals surface area contributed by atoms with Crippen molar-refractivity contribution in [3.8, 4) is 11.6 Å². The maximum absolute atomic E-state index is 13.4. The average molecular weight is 300 g/mol. The molecule has 6 nitrogen and oxygen atoms in total. The molecule has 1 aromatic heterocycles. The van der Waals surface area contributed by atoms with Gasteiger partial charge >= 0.3 is 5.97 Å². The molecule has 110 valence electrons. The quantitative estimate of drug-likeness (QED) is 0.775. The fraction of sp³-hybridized carbons (Fsp3) is 0. The van der Waals surface area contributed by atoms with Crippen LogP contribution in [0.4, 0.5) is 4.39 Å². The molecule has 22 heavy (non-hydrogen) atoms. The van der Waals surface area contributed by atoms with Gasteiger partial charge in [-0.3, -0.25) is 4.79 Å². The number of rotatable bonds is 3. The molecule has 0 saturated carbocycles. The number of nitrogens with one attached hydrogen (secondary N) is 1. The van der Waals surface area contributed by atoms with Gasteiger partial charge in [-0.05, 0) is 30.3 Å². The lowest BCUT2D eigenvalue weighted by molar-refractivity contribution is 0.0691. The topological polar surface area (TPSA) is 92.3 Å². The summed E-state index contributed by atoms with van der Waals surface area (Å²) in [7, 11) is 0. The van der Waals surface area contributed by atoms with E-state index >= 15 is 0 Å². The number of H-pyrrole nitrogens is 1. The van der Waals surface area contributed by atoms with E-state index in [1.54, 1.807) is 24.3 Å². The highest BCUT2D eigenvalue weighted by Gasteiger charge is 2.13. The number of fused-ring (bicyclic) bond motifs is 1. The van der Waals surface area contributed by atoms with Gasteiger partial charge < -0.3 is 9.84 Å². The zero-order chi connectivity index (χ0) is 15.7. The van der Waals surface area contributed by atoms with Crippen molar-refractivity contribution in [3.05, 3.63) is 64.2 Å². The first-order valence-electron chi connectivity index (χ1n) is 6.24. The Bertz CT molecular complexity index is 936. The van der Waals surface area contributed by atoms with Crippen LogP contribution in [0.3, 0.4) is 0 Å². The Kier molecular flexibility index (Phi) is 3.30. The number of aromatic amines is 1. The molecule has 7 heteroatoms. The Morgan fingerprint density at radius 3 is 2.64 bits per heavy atom. The summed E-state index contributed by atoms with van der Waals surface area (Å²) in [4.78, 5) is 22.6. The first kappa shape index (κ1) is 13.7. The largest absolute Gasteiger partial charge is 0.478 e. The van der Waals surface area contributed by atoms with Crippen LogP contribution in [0.1, 0.15) is 10.4 Å². The van der Waals surface area contributed by atoms with Crippen LogP contribution in [0, 0.1) is 5.82 Å². The first-order chi connectivity index (χ1) is 10.6. The van der Waals surface area contributed by atoms with Gasteiger partial charge in [0.05, 0.1) is 16.3 Å². The van der Waals surface area contributed by atoms with Crippen molar-refractivity contribution in [1.29, 1.82) is 0 Å². The Morgan fingerprint density at radius 2 is 1.91 bits per heavy atom. The van der Waals surface area contributed by atoms with Gasteiger partial charge in [0.15, 0.2) is 0 Å². The number of benzene rings is 2.